The highest BCUT2D eigenvalue weighted by atomic mass is 35.5. The second-order valence-corrected chi connectivity index (χ2v) is 4.26. The molecule has 92 valence electrons. The van der Waals surface area contributed by atoms with Crippen molar-refractivity contribution in [1.29, 1.82) is 0 Å². The quantitative estimate of drug-likeness (QED) is 0.758. The molecule has 0 bridgehead atoms. The van der Waals surface area contributed by atoms with Crippen LogP contribution in [0.3, 0.4) is 0 Å². The Bertz CT molecular complexity index is 407. The molecule has 0 aromatic heterocycles. The Hall–Kier alpha value is -1.13. The minimum atomic E-state index is -0.964. The average molecular weight is 258 g/mol. The molecule has 0 saturated carbocycles. The molecule has 1 atom stereocenters. The van der Waals surface area contributed by atoms with E-state index in [-0.39, 0.29) is 11.5 Å². The first-order valence-electron chi connectivity index (χ1n) is 5.45. The predicted molar refractivity (Wildman–Crippen MR) is 62.4 cm³/mol. The second kappa shape index (κ2) is 5.47. The molecular weight excluding hydrogens is 245 g/mol. The van der Waals surface area contributed by atoms with Gasteiger partial charge < -0.3 is 9.64 Å². The highest BCUT2D eigenvalue weighted by molar-refractivity contribution is 6.30. The zero-order chi connectivity index (χ0) is 12.3. The van der Waals surface area contributed by atoms with Crippen LogP contribution in [0.2, 0.25) is 0 Å². The van der Waals surface area contributed by atoms with Gasteiger partial charge in [-0.15, -0.1) is 11.6 Å². The SMILES string of the molecule is O=C(C(Cl)c1ccccc1F)N1CCOCC1. The normalized spacial score (nSPS) is 17.9. The molecule has 3 nitrogen and oxygen atoms in total. The van der Waals surface area contributed by atoms with Crippen LogP contribution in [0.15, 0.2) is 24.3 Å². The predicted octanol–water partition coefficient (Wildman–Crippen LogP) is 1.96. The third-order valence-electron chi connectivity index (χ3n) is 2.72. The van der Waals surface area contributed by atoms with Crippen molar-refractivity contribution < 1.29 is 13.9 Å². The van der Waals surface area contributed by atoms with Gasteiger partial charge in [-0.05, 0) is 6.07 Å². The smallest absolute Gasteiger partial charge is 0.245 e. The van der Waals surface area contributed by atoms with Gasteiger partial charge in [0.05, 0.1) is 13.2 Å². The molecule has 1 amide bonds. The summed E-state index contributed by atoms with van der Waals surface area (Å²) in [5.41, 5.74) is 0.227. The fraction of sp³-hybridized carbons (Fsp3) is 0.417. The van der Waals surface area contributed by atoms with E-state index in [9.17, 15) is 9.18 Å². The van der Waals surface area contributed by atoms with Gasteiger partial charge in [-0.1, -0.05) is 18.2 Å². The molecule has 1 aliphatic heterocycles. The third kappa shape index (κ3) is 2.76. The van der Waals surface area contributed by atoms with Crippen molar-refractivity contribution in [3.8, 4) is 0 Å². The van der Waals surface area contributed by atoms with Gasteiger partial charge in [0.2, 0.25) is 5.91 Å². The summed E-state index contributed by atoms with van der Waals surface area (Å²) >= 11 is 6.02. The largest absolute Gasteiger partial charge is 0.378 e. The first-order chi connectivity index (χ1) is 8.20. The topological polar surface area (TPSA) is 29.5 Å². The Balaban J connectivity index is 2.11. The lowest BCUT2D eigenvalue weighted by Crippen LogP contribution is -2.42. The van der Waals surface area contributed by atoms with Gasteiger partial charge in [-0.25, -0.2) is 4.39 Å². The molecule has 1 aromatic carbocycles. The van der Waals surface area contributed by atoms with Crippen LogP contribution < -0.4 is 0 Å². The molecule has 1 aliphatic rings. The number of morpholine rings is 1. The van der Waals surface area contributed by atoms with E-state index >= 15 is 0 Å². The summed E-state index contributed by atoms with van der Waals surface area (Å²) in [6.45, 7) is 2.03. The highest BCUT2D eigenvalue weighted by Gasteiger charge is 2.26. The minimum absolute atomic E-state index is 0.227. The summed E-state index contributed by atoms with van der Waals surface area (Å²) < 4.78 is 18.6. The summed E-state index contributed by atoms with van der Waals surface area (Å²) in [6, 6.07) is 6.07. The van der Waals surface area contributed by atoms with Crippen LogP contribution in [-0.2, 0) is 9.53 Å². The van der Waals surface area contributed by atoms with Crippen LogP contribution in [0.4, 0.5) is 4.39 Å². The lowest BCUT2D eigenvalue weighted by molar-refractivity contribution is -0.135. The van der Waals surface area contributed by atoms with E-state index in [0.29, 0.717) is 26.3 Å². The molecule has 1 aromatic rings. The van der Waals surface area contributed by atoms with Gasteiger partial charge in [0.15, 0.2) is 0 Å². The minimum Gasteiger partial charge on any atom is -0.378 e. The monoisotopic (exact) mass is 257 g/mol. The molecule has 1 unspecified atom stereocenters. The lowest BCUT2D eigenvalue weighted by atomic mass is 10.1. The van der Waals surface area contributed by atoms with E-state index in [1.165, 1.54) is 12.1 Å². The summed E-state index contributed by atoms with van der Waals surface area (Å²) in [6.07, 6.45) is 0. The Morgan fingerprint density at radius 2 is 2.00 bits per heavy atom. The second-order valence-electron chi connectivity index (χ2n) is 3.82. The summed E-state index contributed by atoms with van der Waals surface area (Å²) in [5, 5.41) is -0.964. The maximum atomic E-state index is 13.5. The molecular formula is C12H13ClFNO2. The Labute approximate surface area is 104 Å². The van der Waals surface area contributed by atoms with Gasteiger partial charge in [0.1, 0.15) is 11.2 Å². The number of halogens is 2. The first kappa shape index (κ1) is 12.3. The number of rotatable bonds is 2. The van der Waals surface area contributed by atoms with Crippen molar-refractivity contribution in [3.63, 3.8) is 0 Å². The standard InChI is InChI=1S/C12H13ClFNO2/c13-11(9-3-1-2-4-10(9)14)12(16)15-5-7-17-8-6-15/h1-4,11H,5-8H2. The van der Waals surface area contributed by atoms with Gasteiger partial charge in [0.25, 0.3) is 0 Å². The number of hydrogen-bond donors (Lipinski definition) is 0. The van der Waals surface area contributed by atoms with Crippen LogP contribution in [0, 0.1) is 5.82 Å². The number of hydrogen-bond acceptors (Lipinski definition) is 2. The van der Waals surface area contributed by atoms with Crippen LogP contribution in [0.5, 0.6) is 0 Å². The van der Waals surface area contributed by atoms with Crippen LogP contribution >= 0.6 is 11.6 Å². The first-order valence-corrected chi connectivity index (χ1v) is 5.89. The van der Waals surface area contributed by atoms with Crippen LogP contribution in [-0.4, -0.2) is 37.1 Å². The third-order valence-corrected chi connectivity index (χ3v) is 3.14. The fourth-order valence-corrected chi connectivity index (χ4v) is 2.07. The zero-order valence-electron chi connectivity index (χ0n) is 9.23. The zero-order valence-corrected chi connectivity index (χ0v) is 9.99. The Morgan fingerprint density at radius 3 is 2.65 bits per heavy atom. The van der Waals surface area contributed by atoms with Crippen LogP contribution in [0.25, 0.3) is 0 Å². The number of ether oxygens (including phenoxy) is 1. The molecule has 17 heavy (non-hydrogen) atoms. The van der Waals surface area contributed by atoms with Crippen molar-refractivity contribution in [1.82, 2.24) is 4.90 Å². The lowest BCUT2D eigenvalue weighted by Gasteiger charge is -2.28. The fourth-order valence-electron chi connectivity index (χ4n) is 1.76. The summed E-state index contributed by atoms with van der Waals surface area (Å²) in [7, 11) is 0. The van der Waals surface area contributed by atoms with E-state index in [1.807, 2.05) is 0 Å². The van der Waals surface area contributed by atoms with E-state index in [0.717, 1.165) is 0 Å². The molecule has 5 heteroatoms. The maximum absolute atomic E-state index is 13.5. The Morgan fingerprint density at radius 1 is 1.35 bits per heavy atom. The number of nitrogens with zero attached hydrogens (tertiary/aromatic N) is 1. The summed E-state index contributed by atoms with van der Waals surface area (Å²) in [4.78, 5) is 13.6. The van der Waals surface area contributed by atoms with Crippen LogP contribution in [0.1, 0.15) is 10.9 Å². The number of alkyl halides is 1. The van der Waals surface area contributed by atoms with Crippen molar-refractivity contribution in [2.24, 2.45) is 0 Å². The molecule has 0 aliphatic carbocycles. The van der Waals surface area contributed by atoms with Gasteiger partial charge in [-0.3, -0.25) is 4.79 Å². The van der Waals surface area contributed by atoms with Crippen molar-refractivity contribution in [2.75, 3.05) is 26.3 Å². The van der Waals surface area contributed by atoms with E-state index < -0.39 is 11.2 Å². The van der Waals surface area contributed by atoms with Crippen molar-refractivity contribution in [3.05, 3.63) is 35.6 Å². The number of carbonyl (C=O) groups excluding carboxylic acids is 1. The number of carbonyl (C=O) groups is 1. The van der Waals surface area contributed by atoms with Crippen molar-refractivity contribution in [2.45, 2.75) is 5.38 Å². The Kier molecular flexibility index (Phi) is 3.97. The molecule has 1 heterocycles. The highest BCUT2D eigenvalue weighted by Crippen LogP contribution is 2.25. The molecule has 1 fully saturated rings. The van der Waals surface area contributed by atoms with E-state index in [1.54, 1.807) is 17.0 Å². The van der Waals surface area contributed by atoms with Gasteiger partial charge in [0, 0.05) is 18.7 Å². The number of benzene rings is 1. The van der Waals surface area contributed by atoms with Gasteiger partial charge >= 0.3 is 0 Å². The molecule has 0 N–H and O–H groups in total. The maximum Gasteiger partial charge on any atom is 0.245 e. The number of amides is 1. The average Bonchev–Trinajstić information content (AvgIpc) is 2.39. The van der Waals surface area contributed by atoms with E-state index in [4.69, 9.17) is 16.3 Å². The van der Waals surface area contributed by atoms with E-state index in [2.05, 4.69) is 0 Å². The summed E-state index contributed by atoms with van der Waals surface area (Å²) in [5.74, 6) is -0.714. The van der Waals surface area contributed by atoms with Crippen molar-refractivity contribution >= 4 is 17.5 Å². The van der Waals surface area contributed by atoms with Gasteiger partial charge in [-0.2, -0.15) is 0 Å². The molecule has 0 radical (unpaired) electrons. The molecule has 1 saturated heterocycles. The molecule has 2 rings (SSSR count). The molecule has 0 spiro atoms.